The van der Waals surface area contributed by atoms with Crippen molar-refractivity contribution in [1.82, 2.24) is 4.90 Å². The van der Waals surface area contributed by atoms with Gasteiger partial charge in [0.2, 0.25) is 6.41 Å². The van der Waals surface area contributed by atoms with Crippen LogP contribution in [0.15, 0.2) is 0 Å². The fourth-order valence-corrected chi connectivity index (χ4v) is 0. The number of nitrogens with zero attached hydrogens (tertiary/aromatic N) is 1. The average molecular weight is 367 g/mol. The number of rotatable bonds is 1. The van der Waals surface area contributed by atoms with Crippen molar-refractivity contribution in [2.24, 2.45) is 0 Å². The van der Waals surface area contributed by atoms with Gasteiger partial charge >= 0.3 is 54.0 Å². The predicted molar refractivity (Wildman–Crippen MR) is 54.9 cm³/mol. The summed E-state index contributed by atoms with van der Waals surface area (Å²) in [7, 11) is 3.38. The summed E-state index contributed by atoms with van der Waals surface area (Å²) in [6.45, 7) is 0. The molecular weight excluding hydrogens is 359 g/mol. The number of carbonyl (C=O) groups is 1. The van der Waals surface area contributed by atoms with E-state index in [4.69, 9.17) is 0 Å². The van der Waals surface area contributed by atoms with Crippen LogP contribution in [0.4, 0.5) is 0 Å². The molecule has 8 heavy (non-hydrogen) atoms. The van der Waals surface area contributed by atoms with Crippen LogP contribution < -0.4 is 0 Å². The van der Waals surface area contributed by atoms with E-state index in [2.05, 4.69) is 11.3 Å². The van der Waals surface area contributed by atoms with Gasteiger partial charge in [-0.25, -0.2) is 0 Å². The van der Waals surface area contributed by atoms with E-state index in [1.54, 1.807) is 14.1 Å². The van der Waals surface area contributed by atoms with Gasteiger partial charge in [0.25, 0.3) is 0 Å². The molecule has 0 spiro atoms. The summed E-state index contributed by atoms with van der Waals surface area (Å²) < 4.78 is 0. The van der Waals surface area contributed by atoms with Crippen LogP contribution in [0.5, 0.6) is 0 Å². The van der Waals surface area contributed by atoms with E-state index in [-0.39, 0.29) is 24.0 Å². The van der Waals surface area contributed by atoms with Crippen molar-refractivity contribution >= 4 is 84.4 Å². The molecule has 0 atom stereocenters. The molecule has 2 nitrogen and oxygen atoms in total. The standard InChI is InChI=1S/C3H7NO.2HI.K/c1-4(2)3-5;;;/h3H,1-2H3;2*1H;/q;;;+1/p-1. The zero-order valence-corrected chi connectivity index (χ0v) is 12.8. The van der Waals surface area contributed by atoms with Crippen molar-refractivity contribution in [2.75, 3.05) is 14.1 Å². The second kappa shape index (κ2) is 16.3. The van der Waals surface area contributed by atoms with E-state index in [0.29, 0.717) is 0 Å². The Kier molecular flexibility index (Phi) is 34.4. The zero-order chi connectivity index (χ0) is 6.28. The first-order valence-electron chi connectivity index (χ1n) is 1.77. The van der Waals surface area contributed by atoms with Crippen LogP contribution in [-0.4, -0.2) is 68.1 Å². The normalized spacial score (nSPS) is 5.12. The minimum absolute atomic E-state index is 0. The van der Waals surface area contributed by atoms with Gasteiger partial charge < -0.3 is 4.90 Å². The van der Waals surface area contributed by atoms with E-state index in [9.17, 15) is 4.79 Å². The maximum absolute atomic E-state index is 9.43. The minimum atomic E-state index is 0. The first-order valence-corrected chi connectivity index (χ1v) is 11.8. The van der Waals surface area contributed by atoms with Crippen LogP contribution in [0, 0.1) is 0 Å². The Morgan fingerprint density at radius 1 is 1.50 bits per heavy atom. The molecular formula is C3H8I2KNO. The van der Waals surface area contributed by atoms with Gasteiger partial charge in [0.15, 0.2) is 0 Å². The number of amides is 1. The van der Waals surface area contributed by atoms with Gasteiger partial charge in [0.1, 0.15) is 0 Å². The summed E-state index contributed by atoms with van der Waals surface area (Å²) in [6.07, 6.45) is 0.750. The molecule has 0 aromatic rings. The molecule has 0 bridgehead atoms. The number of hydrogen-bond donors (Lipinski definition) is 0. The summed E-state index contributed by atoms with van der Waals surface area (Å²) in [5.41, 5.74) is 0. The Hall–Kier alpha value is 2.57. The maximum atomic E-state index is 9.43. The first kappa shape index (κ1) is 16.9. The molecule has 46 valence electrons. The van der Waals surface area contributed by atoms with Gasteiger partial charge in [0.05, 0.1) is 0 Å². The van der Waals surface area contributed by atoms with Crippen LogP contribution in [-0.2, 0) is 4.79 Å². The number of halogens is 2. The molecule has 0 aromatic heterocycles. The Labute approximate surface area is 105 Å². The summed E-state index contributed by atoms with van der Waals surface area (Å²) in [5.74, 6) is 0. The molecule has 1 amide bonds. The van der Waals surface area contributed by atoms with Crippen LogP contribution in [0.2, 0.25) is 0 Å². The SMILES string of the molecule is CN(C)C=O.I.[K][I]. The molecule has 0 heterocycles. The Morgan fingerprint density at radius 3 is 1.62 bits per heavy atom. The number of carbonyl (C=O) groups excluding carboxylic acids is 1. The van der Waals surface area contributed by atoms with E-state index in [1.165, 1.54) is 4.90 Å². The molecule has 0 saturated carbocycles. The van der Waals surface area contributed by atoms with E-state index in [1.807, 2.05) is 0 Å². The van der Waals surface area contributed by atoms with Gasteiger partial charge in [-0.15, -0.1) is 24.0 Å². The Morgan fingerprint density at radius 2 is 1.62 bits per heavy atom. The predicted octanol–water partition coefficient (Wildman–Crippen LogP) is 0.827. The molecule has 0 rings (SSSR count). The Balaban J connectivity index is -0.0000000750. The monoisotopic (exact) mass is 367 g/mol. The van der Waals surface area contributed by atoms with E-state index >= 15 is 0 Å². The molecule has 0 aliphatic rings. The summed E-state index contributed by atoms with van der Waals surface area (Å²) in [6, 6.07) is 0. The number of hydrogen-bond acceptors (Lipinski definition) is 1. The molecule has 0 aromatic carbocycles. The molecule has 0 unspecified atom stereocenters. The quantitative estimate of drug-likeness (QED) is 0.382. The zero-order valence-electron chi connectivity index (χ0n) is 5.22. The fourth-order valence-electron chi connectivity index (χ4n) is 0. The van der Waals surface area contributed by atoms with Gasteiger partial charge in [-0.2, -0.15) is 0 Å². The van der Waals surface area contributed by atoms with Gasteiger partial charge in [-0.05, 0) is 0 Å². The van der Waals surface area contributed by atoms with Crippen LogP contribution in [0.3, 0.4) is 0 Å². The van der Waals surface area contributed by atoms with Crippen LogP contribution >= 0.6 is 35.3 Å². The molecule has 0 fully saturated rings. The van der Waals surface area contributed by atoms with Crippen molar-refractivity contribution in [1.29, 1.82) is 0 Å². The summed E-state index contributed by atoms with van der Waals surface area (Å²) >= 11 is 3.37. The molecule has 0 radical (unpaired) electrons. The summed E-state index contributed by atoms with van der Waals surface area (Å²) in [4.78, 5) is 10.9. The van der Waals surface area contributed by atoms with E-state index in [0.717, 1.165) is 49.1 Å². The van der Waals surface area contributed by atoms with Crippen LogP contribution in [0.1, 0.15) is 0 Å². The molecule has 0 saturated heterocycles. The van der Waals surface area contributed by atoms with E-state index < -0.39 is 0 Å². The van der Waals surface area contributed by atoms with Crippen molar-refractivity contribution in [3.63, 3.8) is 0 Å². The van der Waals surface area contributed by atoms with Crippen molar-refractivity contribution < 1.29 is 4.79 Å². The second-order valence-electron chi connectivity index (χ2n) is 1.07. The van der Waals surface area contributed by atoms with Crippen molar-refractivity contribution in [3.05, 3.63) is 0 Å². The van der Waals surface area contributed by atoms with Gasteiger partial charge in [-0.1, -0.05) is 0 Å². The Bertz CT molecular complexity index is 44.3. The molecule has 0 N–H and O–H groups in total. The third kappa shape index (κ3) is 23.5. The molecule has 0 aliphatic carbocycles. The topological polar surface area (TPSA) is 20.3 Å². The molecule has 5 heteroatoms. The van der Waals surface area contributed by atoms with Gasteiger partial charge in [0, 0.05) is 14.1 Å². The first-order chi connectivity index (χ1) is 3.27. The average Bonchev–Trinajstić information content (AvgIpc) is 1.73. The molecule has 0 aliphatic heterocycles. The van der Waals surface area contributed by atoms with Crippen LogP contribution in [0.25, 0.3) is 0 Å². The second-order valence-corrected chi connectivity index (χ2v) is 1.07. The van der Waals surface area contributed by atoms with Gasteiger partial charge in [-0.3, -0.25) is 4.79 Å². The van der Waals surface area contributed by atoms with Crippen molar-refractivity contribution in [2.45, 2.75) is 0 Å². The third-order valence-electron chi connectivity index (χ3n) is 0.211. The van der Waals surface area contributed by atoms with Crippen molar-refractivity contribution in [3.8, 4) is 0 Å². The third-order valence-corrected chi connectivity index (χ3v) is 0.211. The fraction of sp³-hybridized carbons (Fsp3) is 0.667. The summed E-state index contributed by atoms with van der Waals surface area (Å²) in [5, 5.41) is 0.